The van der Waals surface area contributed by atoms with Gasteiger partial charge in [0.2, 0.25) is 0 Å². The Morgan fingerprint density at radius 2 is 1.95 bits per heavy atom. The summed E-state index contributed by atoms with van der Waals surface area (Å²) in [5, 5.41) is 2.78. The summed E-state index contributed by atoms with van der Waals surface area (Å²) in [6, 6.07) is 8.18. The molecule has 4 heteroatoms. The van der Waals surface area contributed by atoms with Crippen LogP contribution in [-0.2, 0) is 6.42 Å². The van der Waals surface area contributed by atoms with Crippen LogP contribution in [0.1, 0.15) is 37.8 Å². The molecule has 0 saturated carbocycles. The summed E-state index contributed by atoms with van der Waals surface area (Å²) in [6.07, 6.45) is 1.01. The summed E-state index contributed by atoms with van der Waals surface area (Å²) < 4.78 is 0. The van der Waals surface area contributed by atoms with Crippen LogP contribution < -0.4 is 5.56 Å². The molecule has 0 amide bonds. The minimum absolute atomic E-state index is 0.0421. The van der Waals surface area contributed by atoms with Gasteiger partial charge in [-0.15, -0.1) is 11.3 Å². The fraction of sp³-hybridized carbons (Fsp3) is 0.294. The Hall–Kier alpha value is -1.94. The van der Waals surface area contributed by atoms with E-state index >= 15 is 0 Å². The molecule has 0 saturated heterocycles. The molecule has 0 aliphatic rings. The molecular formula is C17H18N2OS. The molecule has 0 unspecified atom stereocenters. The molecule has 3 aromatic rings. The molecule has 3 nitrogen and oxygen atoms in total. The van der Waals surface area contributed by atoms with Crippen molar-refractivity contribution in [2.45, 2.75) is 33.1 Å². The molecule has 0 bridgehead atoms. The Morgan fingerprint density at radius 1 is 1.24 bits per heavy atom. The summed E-state index contributed by atoms with van der Waals surface area (Å²) in [5.74, 6) is 0.976. The minimum Gasteiger partial charge on any atom is -0.306 e. The predicted molar refractivity (Wildman–Crippen MR) is 89.1 cm³/mol. The van der Waals surface area contributed by atoms with Gasteiger partial charge in [-0.25, -0.2) is 4.98 Å². The van der Waals surface area contributed by atoms with E-state index in [-0.39, 0.29) is 5.56 Å². The van der Waals surface area contributed by atoms with Gasteiger partial charge in [-0.3, -0.25) is 4.79 Å². The Kier molecular flexibility index (Phi) is 3.64. The molecule has 108 valence electrons. The van der Waals surface area contributed by atoms with Gasteiger partial charge in [0.25, 0.3) is 5.56 Å². The van der Waals surface area contributed by atoms with Crippen molar-refractivity contribution in [3.05, 3.63) is 51.1 Å². The van der Waals surface area contributed by atoms with Gasteiger partial charge in [-0.05, 0) is 28.8 Å². The van der Waals surface area contributed by atoms with Crippen molar-refractivity contribution in [3.8, 4) is 11.4 Å². The maximum atomic E-state index is 12.4. The zero-order valence-electron chi connectivity index (χ0n) is 12.4. The summed E-state index contributed by atoms with van der Waals surface area (Å²) in [7, 11) is 0. The van der Waals surface area contributed by atoms with Crippen molar-refractivity contribution in [3.63, 3.8) is 0 Å². The molecule has 0 atom stereocenters. The Morgan fingerprint density at radius 3 is 2.57 bits per heavy atom. The number of rotatable bonds is 3. The van der Waals surface area contributed by atoms with E-state index in [1.165, 1.54) is 5.56 Å². The molecule has 1 aromatic carbocycles. The lowest BCUT2D eigenvalue weighted by molar-refractivity contribution is 0.878. The number of thiophene rings is 1. The third kappa shape index (κ3) is 2.51. The average Bonchev–Trinajstić information content (AvgIpc) is 2.92. The van der Waals surface area contributed by atoms with E-state index in [9.17, 15) is 4.79 Å². The van der Waals surface area contributed by atoms with Crippen LogP contribution in [0.4, 0.5) is 0 Å². The highest BCUT2D eigenvalue weighted by Crippen LogP contribution is 2.28. The minimum atomic E-state index is -0.0421. The number of nitrogens with one attached hydrogen (secondary N) is 1. The molecule has 2 heterocycles. The van der Waals surface area contributed by atoms with E-state index in [4.69, 9.17) is 0 Å². The lowest BCUT2D eigenvalue weighted by Gasteiger charge is -2.04. The summed E-state index contributed by atoms with van der Waals surface area (Å²) in [5.41, 5.74) is 3.27. The van der Waals surface area contributed by atoms with E-state index < -0.39 is 0 Å². The quantitative estimate of drug-likeness (QED) is 0.782. The summed E-state index contributed by atoms with van der Waals surface area (Å²) in [4.78, 5) is 20.8. The molecule has 21 heavy (non-hydrogen) atoms. The standard InChI is InChI=1S/C17H18N2OS/c1-4-11-5-7-12(8-6-11)15-18-16(20)14-13(10(2)3)9-21-17(14)19-15/h5-10H,4H2,1-3H3,(H,18,19,20). The SMILES string of the molecule is CCc1ccc(-c2nc3scc(C(C)C)c3c(=O)[nH]2)cc1. The molecule has 0 radical (unpaired) electrons. The number of aromatic nitrogens is 2. The van der Waals surface area contributed by atoms with Crippen LogP contribution in [0.3, 0.4) is 0 Å². The van der Waals surface area contributed by atoms with E-state index in [2.05, 4.69) is 42.9 Å². The first-order valence-electron chi connectivity index (χ1n) is 7.21. The molecule has 0 aliphatic heterocycles. The highest BCUT2D eigenvalue weighted by Gasteiger charge is 2.14. The molecule has 0 aliphatic carbocycles. The number of nitrogens with zero attached hydrogens (tertiary/aromatic N) is 1. The van der Waals surface area contributed by atoms with Gasteiger partial charge in [0.1, 0.15) is 10.7 Å². The van der Waals surface area contributed by atoms with E-state index in [1.807, 2.05) is 17.5 Å². The molecule has 0 fully saturated rings. The molecular weight excluding hydrogens is 280 g/mol. The topological polar surface area (TPSA) is 45.8 Å². The third-order valence-electron chi connectivity index (χ3n) is 3.73. The fourth-order valence-corrected chi connectivity index (χ4v) is 3.53. The van der Waals surface area contributed by atoms with Crippen LogP contribution >= 0.6 is 11.3 Å². The van der Waals surface area contributed by atoms with Gasteiger partial charge in [0.05, 0.1) is 5.39 Å². The van der Waals surface area contributed by atoms with E-state index in [0.717, 1.165) is 27.8 Å². The Balaban J connectivity index is 2.14. The second kappa shape index (κ2) is 5.45. The largest absolute Gasteiger partial charge is 0.306 e. The van der Waals surface area contributed by atoms with Crippen LogP contribution in [0, 0.1) is 0 Å². The van der Waals surface area contributed by atoms with Crippen molar-refractivity contribution in [2.75, 3.05) is 0 Å². The number of benzene rings is 1. The number of hydrogen-bond acceptors (Lipinski definition) is 3. The van der Waals surface area contributed by atoms with Crippen LogP contribution in [0.5, 0.6) is 0 Å². The smallest absolute Gasteiger partial charge is 0.260 e. The van der Waals surface area contributed by atoms with E-state index in [0.29, 0.717) is 11.7 Å². The van der Waals surface area contributed by atoms with Crippen LogP contribution in [-0.4, -0.2) is 9.97 Å². The highest BCUT2D eigenvalue weighted by molar-refractivity contribution is 7.16. The Bertz CT molecular complexity index is 828. The maximum Gasteiger partial charge on any atom is 0.260 e. The predicted octanol–water partition coefficient (Wildman–Crippen LogP) is 4.34. The lowest BCUT2D eigenvalue weighted by atomic mass is 10.0. The van der Waals surface area contributed by atoms with Crippen LogP contribution in [0.2, 0.25) is 0 Å². The van der Waals surface area contributed by atoms with Gasteiger partial charge in [-0.2, -0.15) is 0 Å². The second-order valence-corrected chi connectivity index (χ2v) is 6.35. The van der Waals surface area contributed by atoms with Crippen LogP contribution in [0.15, 0.2) is 34.4 Å². The lowest BCUT2D eigenvalue weighted by Crippen LogP contribution is -2.10. The van der Waals surface area contributed by atoms with Crippen molar-refractivity contribution < 1.29 is 0 Å². The maximum absolute atomic E-state index is 12.4. The van der Waals surface area contributed by atoms with Crippen molar-refractivity contribution >= 4 is 21.6 Å². The average molecular weight is 298 g/mol. The van der Waals surface area contributed by atoms with Crippen LogP contribution in [0.25, 0.3) is 21.6 Å². The number of fused-ring (bicyclic) bond motifs is 1. The normalized spacial score (nSPS) is 11.4. The second-order valence-electron chi connectivity index (χ2n) is 5.49. The molecule has 0 spiro atoms. The molecule has 3 rings (SSSR count). The van der Waals surface area contributed by atoms with Crippen molar-refractivity contribution in [1.82, 2.24) is 9.97 Å². The molecule has 1 N–H and O–H groups in total. The van der Waals surface area contributed by atoms with Gasteiger partial charge in [0.15, 0.2) is 0 Å². The number of H-pyrrole nitrogens is 1. The zero-order chi connectivity index (χ0) is 15.0. The first-order chi connectivity index (χ1) is 10.1. The first-order valence-corrected chi connectivity index (χ1v) is 8.08. The fourth-order valence-electron chi connectivity index (χ4n) is 2.43. The van der Waals surface area contributed by atoms with Gasteiger partial charge in [0, 0.05) is 5.56 Å². The van der Waals surface area contributed by atoms with Gasteiger partial charge in [-0.1, -0.05) is 45.0 Å². The Labute approximate surface area is 127 Å². The summed E-state index contributed by atoms with van der Waals surface area (Å²) in [6.45, 7) is 6.32. The monoisotopic (exact) mass is 298 g/mol. The van der Waals surface area contributed by atoms with E-state index in [1.54, 1.807) is 11.3 Å². The molecule has 2 aromatic heterocycles. The third-order valence-corrected chi connectivity index (χ3v) is 4.62. The van der Waals surface area contributed by atoms with Gasteiger partial charge >= 0.3 is 0 Å². The van der Waals surface area contributed by atoms with Crippen molar-refractivity contribution in [1.29, 1.82) is 0 Å². The zero-order valence-corrected chi connectivity index (χ0v) is 13.3. The summed E-state index contributed by atoms with van der Waals surface area (Å²) >= 11 is 1.54. The van der Waals surface area contributed by atoms with Gasteiger partial charge < -0.3 is 4.98 Å². The highest BCUT2D eigenvalue weighted by atomic mass is 32.1. The van der Waals surface area contributed by atoms with Crippen molar-refractivity contribution in [2.24, 2.45) is 0 Å². The first kappa shape index (κ1) is 14.0. The number of hydrogen-bond donors (Lipinski definition) is 1. The number of aryl methyl sites for hydroxylation is 1. The number of aromatic amines is 1.